The largest absolute Gasteiger partial charge is 2.00 e. The van der Waals surface area contributed by atoms with Gasteiger partial charge in [-0.05, 0) is 70.0 Å². The predicted molar refractivity (Wildman–Crippen MR) is 356 cm³/mol. The predicted octanol–water partition coefficient (Wildman–Crippen LogP) is 20.1. The number of aromatic nitrogens is 4. The second-order valence-electron chi connectivity index (χ2n) is 18.2. The zero-order valence-corrected chi connectivity index (χ0v) is 59.6. The fraction of sp³-hybridized carbons (Fsp3) is 0.0137. The Bertz CT molecular complexity index is 3510. The first kappa shape index (κ1) is 68.1. The summed E-state index contributed by atoms with van der Waals surface area (Å²) in [6.07, 6.45) is 0. The SMILES string of the molecule is C.[Cl][Pt]([Cl])([Cl])[Cl].[HH].[K][K].[Pt+2].[c-]1ccccc1-c1cccc(C(=C(c2ccccc2)c2ccccc2)c2cccc(-c3[c-]cccc3)n2)n1.c1ccc(C(=C(c2cccc(-c3ccccc3)n2)c2cccc(-c3ccccc3)n2)c2ccccc2)cc1. The van der Waals surface area contributed by atoms with E-state index in [1.54, 1.807) is 0 Å². The molecule has 0 spiro atoms. The van der Waals surface area contributed by atoms with Crippen LogP contribution in [0.3, 0.4) is 0 Å². The summed E-state index contributed by atoms with van der Waals surface area (Å²) in [6.45, 7) is 0. The Morgan fingerprint density at radius 1 is 0.294 bits per heavy atom. The molecule has 418 valence electrons. The maximum Gasteiger partial charge on any atom is 2.00 e. The van der Waals surface area contributed by atoms with Gasteiger partial charge in [0.05, 0.1) is 34.2 Å². The summed E-state index contributed by atoms with van der Waals surface area (Å²) >= 11 is -0.556. The Labute approximate surface area is 580 Å². The molecule has 8 aromatic carbocycles. The zero-order chi connectivity index (χ0) is 57.6. The number of hydrogen-bond acceptors (Lipinski definition) is 4. The van der Waals surface area contributed by atoms with Gasteiger partial charge in [0, 0.05) is 34.8 Å². The molecule has 0 fully saturated rings. The Morgan fingerprint density at radius 2 is 0.529 bits per heavy atom. The normalized spacial score (nSPS) is 10.5. The molecule has 0 aliphatic rings. The van der Waals surface area contributed by atoms with Crippen molar-refractivity contribution in [2.24, 2.45) is 0 Å². The van der Waals surface area contributed by atoms with Crippen molar-refractivity contribution in [1.82, 2.24) is 19.9 Å². The van der Waals surface area contributed by atoms with Crippen LogP contribution in [0.4, 0.5) is 0 Å². The van der Waals surface area contributed by atoms with Gasteiger partial charge in [0.2, 0.25) is 0 Å². The van der Waals surface area contributed by atoms with E-state index in [9.17, 15) is 0 Å². The third-order valence-electron chi connectivity index (χ3n) is 12.9. The maximum absolute atomic E-state index is 5.20. The third-order valence-corrected chi connectivity index (χ3v) is 12.9. The van der Waals surface area contributed by atoms with Crippen molar-refractivity contribution in [3.63, 3.8) is 0 Å². The van der Waals surface area contributed by atoms with E-state index in [0.717, 1.165) is 112 Å². The van der Waals surface area contributed by atoms with Crippen molar-refractivity contribution >= 4 is 123 Å². The number of hydrogen-bond donors (Lipinski definition) is 0. The molecule has 4 heterocycles. The van der Waals surface area contributed by atoms with Crippen LogP contribution in [-0.4, -0.2) is 83.1 Å². The molecule has 12 aromatic rings. The molecular weight excluding hydrogens is 1540 g/mol. The third kappa shape index (κ3) is 19.8. The Balaban J connectivity index is 0.000000241. The van der Waals surface area contributed by atoms with Gasteiger partial charge in [-0.3, -0.25) is 9.97 Å². The minimum atomic E-state index is -3.06. The number of nitrogens with zero attached hydrogens (tertiary/aromatic N) is 4. The number of halogens is 4. The fourth-order valence-corrected chi connectivity index (χ4v) is 9.35. The van der Waals surface area contributed by atoms with Crippen LogP contribution in [0.25, 0.3) is 67.3 Å². The Hall–Kier alpha value is -4.35. The molecule has 0 atom stereocenters. The van der Waals surface area contributed by atoms with Crippen LogP contribution in [-0.2, 0) is 33.0 Å². The molecule has 0 radical (unpaired) electrons. The minimum Gasteiger partial charge on any atom is -0.296 e. The van der Waals surface area contributed by atoms with Crippen LogP contribution >= 0.6 is 37.7 Å². The molecule has 12 rings (SSSR count). The van der Waals surface area contributed by atoms with E-state index >= 15 is 0 Å². The average Bonchev–Trinajstić information content (AvgIpc) is 1.56. The van der Waals surface area contributed by atoms with Crippen molar-refractivity contribution in [3.8, 4) is 45.0 Å². The van der Waals surface area contributed by atoms with Gasteiger partial charge in [-0.1, -0.05) is 226 Å². The van der Waals surface area contributed by atoms with E-state index in [0.29, 0.717) is 0 Å². The summed E-state index contributed by atoms with van der Waals surface area (Å²) in [7, 11) is 20.0. The Morgan fingerprint density at radius 3 is 0.788 bits per heavy atom. The van der Waals surface area contributed by atoms with Gasteiger partial charge in [-0.25, -0.2) is 9.97 Å². The Kier molecular flexibility index (Phi) is 28.5. The number of rotatable bonds is 12. The molecule has 0 unspecified atom stereocenters. The summed E-state index contributed by atoms with van der Waals surface area (Å²) in [5.74, 6) is 0. The van der Waals surface area contributed by atoms with Gasteiger partial charge >= 0.3 is 134 Å². The molecule has 0 N–H and O–H groups in total. The van der Waals surface area contributed by atoms with Gasteiger partial charge in [0.1, 0.15) is 0 Å². The van der Waals surface area contributed by atoms with Gasteiger partial charge in [-0.15, -0.1) is 71.8 Å². The van der Waals surface area contributed by atoms with Crippen LogP contribution < -0.4 is 0 Å². The van der Waals surface area contributed by atoms with E-state index in [2.05, 4.69) is 194 Å². The molecule has 0 aliphatic heterocycles. The molecule has 12 heteroatoms. The van der Waals surface area contributed by atoms with Gasteiger partial charge in [0.25, 0.3) is 0 Å². The summed E-state index contributed by atoms with van der Waals surface area (Å²) < 4.78 is 0. The average molecular weight is 1600 g/mol. The van der Waals surface area contributed by atoms with Crippen molar-refractivity contribution in [3.05, 3.63) is 360 Å². The van der Waals surface area contributed by atoms with E-state index < -0.39 is 11.9 Å². The topological polar surface area (TPSA) is 51.6 Å². The standard InChI is InChI=1S/C36H26N2.C36H24N2.CH4.4ClH.2K.2Pt.H2/c2*1-5-15-27(16-6-1)31-23-13-25-33(37-31)36(34-26-14-24-32(38-34)28-17-7-2-8-18-28)35(29-19-9-3-10-20-29)30-21-11-4-12-22-30;;;;;;;;;;/h1-26H;1-15,17,19-26H;1H4;4*1H;;;;;1H/q;-2;;;;;;;;+2;+4;/p-4. The minimum absolute atomic E-state index is 0. The van der Waals surface area contributed by atoms with E-state index in [-0.39, 0.29) is 29.9 Å². The molecule has 4 nitrogen and oxygen atoms in total. The van der Waals surface area contributed by atoms with E-state index in [1.165, 1.54) is 63.2 Å². The molecule has 85 heavy (non-hydrogen) atoms. The summed E-state index contributed by atoms with van der Waals surface area (Å²) in [6, 6.07) is 110. The van der Waals surface area contributed by atoms with Crippen LogP contribution in [0, 0.1) is 12.1 Å². The van der Waals surface area contributed by atoms with E-state index in [1.807, 2.05) is 121 Å². The number of benzene rings is 8. The van der Waals surface area contributed by atoms with Crippen molar-refractivity contribution in [2.45, 2.75) is 7.43 Å². The van der Waals surface area contributed by atoms with Gasteiger partial charge in [-0.2, -0.15) is 0 Å². The van der Waals surface area contributed by atoms with Gasteiger partial charge in [0.15, 0.2) is 0 Å². The summed E-state index contributed by atoms with van der Waals surface area (Å²) in [4.78, 5) is 20.7. The zero-order valence-electron chi connectivity index (χ0n) is 45.8. The first-order valence-electron chi connectivity index (χ1n) is 26.9. The smallest absolute Gasteiger partial charge is 0.296 e. The molecule has 0 amide bonds. The monoisotopic (exact) mass is 1600 g/mol. The number of pyridine rings is 4. The van der Waals surface area contributed by atoms with Crippen molar-refractivity contribution < 1.29 is 34.4 Å². The maximum atomic E-state index is 5.20. The molecule has 0 bridgehead atoms. The van der Waals surface area contributed by atoms with Gasteiger partial charge < -0.3 is 0 Å². The molecule has 0 saturated carbocycles. The molecule has 4 aromatic heterocycles. The van der Waals surface area contributed by atoms with Crippen LogP contribution in [0.2, 0.25) is 0 Å². The summed E-state index contributed by atoms with van der Waals surface area (Å²) in [5, 5.41) is 0. The van der Waals surface area contributed by atoms with Crippen LogP contribution in [0.1, 0.15) is 53.9 Å². The molecule has 0 aliphatic carbocycles. The van der Waals surface area contributed by atoms with Crippen molar-refractivity contribution in [1.29, 1.82) is 0 Å². The first-order valence-corrected chi connectivity index (χ1v) is 54.1. The fourth-order valence-electron chi connectivity index (χ4n) is 9.35. The second kappa shape index (κ2) is 35.6. The second-order valence-corrected chi connectivity index (χ2v) is 37.8. The first-order chi connectivity index (χ1) is 40.7. The quantitative estimate of drug-likeness (QED) is 0.0903. The van der Waals surface area contributed by atoms with Crippen LogP contribution in [0.15, 0.2) is 303 Å². The van der Waals surface area contributed by atoms with E-state index in [4.69, 9.17) is 57.6 Å². The van der Waals surface area contributed by atoms with Crippen LogP contribution in [0.5, 0.6) is 0 Å². The molecular formula is C73H56Cl4K2N4Pt2. The molecule has 0 saturated heterocycles. The van der Waals surface area contributed by atoms with Crippen molar-refractivity contribution in [2.75, 3.05) is 0 Å². The summed E-state index contributed by atoms with van der Waals surface area (Å²) in [5.41, 5.74) is 19.7.